The molecule has 6 aromatic rings. The number of carboxylic acids is 2. The molecule has 2 aliphatic rings. The fraction of sp³-hybridized carbons (Fsp3) is 0.400. The maximum absolute atomic E-state index is 13.5. The van der Waals surface area contributed by atoms with Crippen LogP contribution in [0.5, 0.6) is 11.8 Å². The molecule has 22 heteroatoms. The molecule has 3 N–H and O–H groups in total. The van der Waals surface area contributed by atoms with Crippen molar-refractivity contribution in [2.75, 3.05) is 19.8 Å². The molecular weight excluding hydrogens is 1010 g/mol. The minimum atomic E-state index is -4.61. The highest BCUT2D eigenvalue weighted by Gasteiger charge is 2.46. The number of pyridine rings is 2. The number of carboxylic acid groups (broad SMARTS) is 2. The lowest BCUT2D eigenvalue weighted by molar-refractivity contribution is -0.158. The van der Waals surface area contributed by atoms with Crippen molar-refractivity contribution in [3.63, 3.8) is 0 Å². The Bertz CT molecular complexity index is 2950. The Balaban J connectivity index is 0.000000216. The van der Waals surface area contributed by atoms with Gasteiger partial charge in [0, 0.05) is 67.7 Å². The van der Waals surface area contributed by atoms with Crippen molar-refractivity contribution in [1.29, 1.82) is 0 Å². The van der Waals surface area contributed by atoms with Crippen molar-refractivity contribution in [2.45, 2.75) is 97.1 Å². The minimum absolute atomic E-state index is 0.0239. The molecule has 4 aromatic heterocycles. The van der Waals surface area contributed by atoms with Gasteiger partial charge in [-0.2, -0.15) is 26.3 Å². The van der Waals surface area contributed by atoms with Gasteiger partial charge in [-0.15, -0.1) is 0 Å². The lowest BCUT2D eigenvalue weighted by atomic mass is 9.69. The van der Waals surface area contributed by atoms with Crippen LogP contribution in [0.15, 0.2) is 73.3 Å². The first kappa shape index (κ1) is 53.8. The van der Waals surface area contributed by atoms with E-state index in [9.17, 15) is 46.1 Å². The molecule has 0 atom stereocenters. The fourth-order valence-corrected chi connectivity index (χ4v) is 9.33. The smallest absolute Gasteiger partial charge is 0.434 e. The Labute approximate surface area is 421 Å². The summed E-state index contributed by atoms with van der Waals surface area (Å²) in [5.74, 6) is -0.965. The largest absolute Gasteiger partial charge is 0.481 e. The number of halogens is 8. The number of carbonyl (C=O) groups is 2. The van der Waals surface area contributed by atoms with Gasteiger partial charge in [-0.3, -0.25) is 9.59 Å². The van der Waals surface area contributed by atoms with Crippen LogP contribution in [0, 0.1) is 24.7 Å². The maximum Gasteiger partial charge on any atom is 0.434 e. The van der Waals surface area contributed by atoms with E-state index in [0.29, 0.717) is 60.7 Å². The zero-order valence-corrected chi connectivity index (χ0v) is 42.4. The molecule has 2 aromatic carbocycles. The number of nitrogens with one attached hydrogen (secondary N) is 1. The molecule has 0 amide bonds. The molecule has 0 aliphatic heterocycles. The molecule has 2 saturated carbocycles. The fourth-order valence-electron chi connectivity index (χ4n) is 8.04. The molecule has 384 valence electrons. The summed E-state index contributed by atoms with van der Waals surface area (Å²) >= 11 is 12.9. The number of ether oxygens (including phenoxy) is 3. The molecule has 2 aliphatic carbocycles. The maximum atomic E-state index is 13.5. The van der Waals surface area contributed by atoms with Crippen LogP contribution in [-0.2, 0) is 33.4 Å². The highest BCUT2D eigenvalue weighted by molar-refractivity contribution is 6.76. The third kappa shape index (κ3) is 12.4. The molecule has 0 saturated heterocycles. The van der Waals surface area contributed by atoms with Gasteiger partial charge in [0.1, 0.15) is 48.1 Å². The number of aryl methyl sites for hydroxylation is 2. The highest BCUT2D eigenvalue weighted by atomic mass is 35.5. The predicted molar refractivity (Wildman–Crippen MR) is 261 cm³/mol. The number of hydrogen-bond donors (Lipinski definition) is 3. The second-order valence-corrected chi connectivity index (χ2v) is 25.9. The standard InChI is InChI=1S/C28H33ClF3N3O4Si.C22H19ClF3N3O3/c1-18-12-24(39-16-27(26(36)37)8-5-9-27)33-14-21(18)19-6-7-20(22(29)13-19)25-34-23(28(30,31)32)15-35(25)17-38-10-11-40(2,3)4;1-12-7-18(32-11-21(20(30)31)5-2-6-21)27-9-15(12)13-3-4-14(16(23)8-13)19-28-10-17(29-19)22(24,25)26/h6-7,12-15H,5,8-11,16-17H2,1-4H3,(H,36,37);3-4,7-10H,2,5-6,11H2,1H3,(H,28,29)(H,30,31). The van der Waals surface area contributed by atoms with Gasteiger partial charge in [0.2, 0.25) is 11.8 Å². The number of imidazole rings is 2. The van der Waals surface area contributed by atoms with Crippen LogP contribution in [0.3, 0.4) is 0 Å². The van der Waals surface area contributed by atoms with E-state index in [1.807, 2.05) is 13.8 Å². The van der Waals surface area contributed by atoms with E-state index in [2.05, 4.69) is 44.6 Å². The van der Waals surface area contributed by atoms with Gasteiger partial charge in [0.25, 0.3) is 0 Å². The highest BCUT2D eigenvalue weighted by Crippen LogP contribution is 2.43. The third-order valence-corrected chi connectivity index (χ3v) is 15.3. The van der Waals surface area contributed by atoms with Crippen LogP contribution >= 0.6 is 23.2 Å². The molecule has 13 nitrogen and oxygen atoms in total. The van der Waals surface area contributed by atoms with E-state index in [1.54, 1.807) is 60.9 Å². The second-order valence-electron chi connectivity index (χ2n) is 19.4. The average Bonchev–Trinajstić information content (AvgIpc) is 3.93. The summed E-state index contributed by atoms with van der Waals surface area (Å²) in [4.78, 5) is 41.5. The van der Waals surface area contributed by atoms with Gasteiger partial charge in [-0.05, 0) is 92.1 Å². The summed E-state index contributed by atoms with van der Waals surface area (Å²) in [6, 6.07) is 14.3. The molecule has 0 unspecified atom stereocenters. The quantitative estimate of drug-likeness (QED) is 0.0450. The van der Waals surface area contributed by atoms with E-state index < -0.39 is 54.6 Å². The summed E-state index contributed by atoms with van der Waals surface area (Å²) in [6.07, 6.45) is -0.187. The van der Waals surface area contributed by atoms with Crippen molar-refractivity contribution in [2.24, 2.45) is 10.8 Å². The monoisotopic (exact) mass is 1060 g/mol. The number of aromatic nitrogens is 6. The van der Waals surface area contributed by atoms with Crippen LogP contribution < -0.4 is 9.47 Å². The van der Waals surface area contributed by atoms with Crippen LogP contribution in [0.4, 0.5) is 26.3 Å². The molecule has 4 heterocycles. The molecule has 0 spiro atoms. The normalized spacial score (nSPS) is 15.2. The third-order valence-electron chi connectivity index (χ3n) is 12.9. The first-order valence-electron chi connectivity index (χ1n) is 22.9. The van der Waals surface area contributed by atoms with Crippen LogP contribution in [0.25, 0.3) is 45.0 Å². The Kier molecular flexibility index (Phi) is 15.9. The Morgan fingerprint density at radius 3 is 1.61 bits per heavy atom. The predicted octanol–water partition coefficient (Wildman–Crippen LogP) is 13.3. The molecule has 8 rings (SSSR count). The number of hydrogen-bond acceptors (Lipinski definition) is 9. The van der Waals surface area contributed by atoms with Crippen LogP contribution in [0.1, 0.15) is 61.0 Å². The number of nitrogens with zero attached hydrogens (tertiary/aromatic N) is 5. The Morgan fingerprint density at radius 2 is 1.22 bits per heavy atom. The second kappa shape index (κ2) is 21.2. The van der Waals surface area contributed by atoms with Gasteiger partial charge in [0.15, 0.2) is 5.69 Å². The van der Waals surface area contributed by atoms with Crippen LogP contribution in [-0.4, -0.2) is 79.5 Å². The van der Waals surface area contributed by atoms with Crippen molar-refractivity contribution in [3.8, 4) is 56.8 Å². The lowest BCUT2D eigenvalue weighted by Gasteiger charge is -2.36. The molecule has 0 bridgehead atoms. The van der Waals surface area contributed by atoms with Crippen molar-refractivity contribution < 1.29 is 60.4 Å². The zero-order chi connectivity index (χ0) is 52.4. The first-order valence-corrected chi connectivity index (χ1v) is 27.3. The van der Waals surface area contributed by atoms with E-state index in [0.717, 1.165) is 59.1 Å². The molecule has 0 radical (unpaired) electrons. The number of H-pyrrole nitrogens is 1. The Hall–Kier alpha value is -5.96. The van der Waals surface area contributed by atoms with E-state index in [1.165, 1.54) is 4.57 Å². The SMILES string of the molecule is Cc1cc(OCC2(C(=O)O)CCC2)ncc1-c1ccc(-c2nc(C(F)(F)F)cn2COCC[Si](C)(C)C)c(Cl)c1.Cc1cc(OCC2(C(=O)O)CCC2)ncc1-c1ccc(-c2ncc(C(F)(F)F)[nH]2)c(Cl)c1. The van der Waals surface area contributed by atoms with Gasteiger partial charge in [0.05, 0.1) is 16.2 Å². The topological polar surface area (TPSA) is 175 Å². The first-order chi connectivity index (χ1) is 33.8. The molecule has 2 fully saturated rings. The molecular formula is C50H52Cl2F6N6O7Si. The number of benzene rings is 2. The van der Waals surface area contributed by atoms with Crippen molar-refractivity contribution in [1.82, 2.24) is 29.5 Å². The van der Waals surface area contributed by atoms with Gasteiger partial charge in [-0.1, -0.05) is 67.8 Å². The zero-order valence-electron chi connectivity index (χ0n) is 39.9. The van der Waals surface area contributed by atoms with E-state index >= 15 is 0 Å². The minimum Gasteiger partial charge on any atom is -0.481 e. The van der Waals surface area contributed by atoms with E-state index in [-0.39, 0.29) is 41.6 Å². The lowest BCUT2D eigenvalue weighted by Crippen LogP contribution is -2.43. The van der Waals surface area contributed by atoms with Crippen molar-refractivity contribution in [3.05, 3.63) is 106 Å². The number of rotatable bonds is 17. The summed E-state index contributed by atoms with van der Waals surface area (Å²) in [5.41, 5.74) is 1.64. The molecule has 72 heavy (non-hydrogen) atoms. The number of aromatic amines is 1. The number of alkyl halides is 6. The van der Waals surface area contributed by atoms with Gasteiger partial charge < -0.3 is 34.0 Å². The van der Waals surface area contributed by atoms with Gasteiger partial charge >= 0.3 is 24.3 Å². The van der Waals surface area contributed by atoms with Crippen LogP contribution in [0.2, 0.25) is 35.7 Å². The summed E-state index contributed by atoms with van der Waals surface area (Å²) in [7, 11) is -1.36. The summed E-state index contributed by atoms with van der Waals surface area (Å²) in [5, 5.41) is 19.4. The average molecular weight is 1060 g/mol. The summed E-state index contributed by atoms with van der Waals surface area (Å²) < 4.78 is 97.3. The van der Waals surface area contributed by atoms with Crippen molar-refractivity contribution >= 4 is 43.2 Å². The Morgan fingerprint density at radius 1 is 0.722 bits per heavy atom. The van der Waals surface area contributed by atoms with E-state index in [4.69, 9.17) is 37.4 Å². The number of aliphatic carboxylic acids is 2. The summed E-state index contributed by atoms with van der Waals surface area (Å²) in [6.45, 7) is 10.8. The van der Waals surface area contributed by atoms with Gasteiger partial charge in [-0.25, -0.2) is 19.9 Å².